The van der Waals surface area contributed by atoms with Gasteiger partial charge in [-0.1, -0.05) is 118 Å². The number of esters is 2. The average molecular weight is 1240 g/mol. The van der Waals surface area contributed by atoms with Crippen molar-refractivity contribution in [3.05, 3.63) is 68.1 Å². The summed E-state index contributed by atoms with van der Waals surface area (Å²) in [6.07, 6.45) is 7.24. The van der Waals surface area contributed by atoms with Crippen LogP contribution >= 0.6 is 22.7 Å². The predicted molar refractivity (Wildman–Crippen MR) is 331 cm³/mol. The lowest BCUT2D eigenvalue weighted by atomic mass is 9.83. The molecule has 4 heterocycles. The van der Waals surface area contributed by atoms with Crippen LogP contribution in [-0.4, -0.2) is 141 Å². The number of benzene rings is 1. The van der Waals surface area contributed by atoms with Crippen LogP contribution in [-0.2, 0) is 49.5 Å². The van der Waals surface area contributed by atoms with Gasteiger partial charge in [-0.05, 0) is 80.8 Å². The minimum Gasteiger partial charge on any atom is -0.481 e. The van der Waals surface area contributed by atoms with Crippen molar-refractivity contribution >= 4 is 75.8 Å². The first-order valence-corrected chi connectivity index (χ1v) is 32.5. The number of hydrogen-bond donors (Lipinski definition) is 5. The fourth-order valence-electron chi connectivity index (χ4n) is 11.4. The Morgan fingerprint density at radius 1 is 0.640 bits per heavy atom. The van der Waals surface area contributed by atoms with E-state index < -0.39 is 65.8 Å². The molecule has 2 aliphatic heterocycles. The highest BCUT2D eigenvalue weighted by atomic mass is 32.1. The van der Waals surface area contributed by atoms with Crippen molar-refractivity contribution in [3.63, 3.8) is 0 Å². The summed E-state index contributed by atoms with van der Waals surface area (Å²) in [7, 11) is 3.49. The second-order valence-corrected chi connectivity index (χ2v) is 26.1. The summed E-state index contributed by atoms with van der Waals surface area (Å²) in [4.78, 5) is 127. The number of aromatic carboxylic acids is 1. The molecule has 5 N–H and O–H groups in total. The predicted octanol–water partition coefficient (Wildman–Crippen LogP) is 9.92. The molecule has 3 aromatic rings. The van der Waals surface area contributed by atoms with Crippen LogP contribution in [0.3, 0.4) is 0 Å². The topological polar surface area (TPSA) is 281 Å². The van der Waals surface area contributed by atoms with Crippen molar-refractivity contribution in [1.82, 2.24) is 35.7 Å². The molecule has 2 fully saturated rings. The lowest BCUT2D eigenvalue weighted by molar-refractivity contribution is -0.150. The number of piperidine rings is 2. The van der Waals surface area contributed by atoms with Crippen LogP contribution in [0.15, 0.2) is 41.1 Å². The summed E-state index contributed by atoms with van der Waals surface area (Å²) in [6.45, 7) is 21.9. The number of thiazole rings is 2. The maximum absolute atomic E-state index is 14.1. The van der Waals surface area contributed by atoms with Gasteiger partial charge in [-0.15, -0.1) is 22.7 Å². The zero-order valence-electron chi connectivity index (χ0n) is 52.9. The number of carboxylic acid groups (broad SMARTS) is 2. The van der Waals surface area contributed by atoms with Crippen molar-refractivity contribution in [2.45, 2.75) is 208 Å². The summed E-state index contributed by atoms with van der Waals surface area (Å²) >= 11 is 2.31. The minimum absolute atomic E-state index is 0.00111. The molecular formula is C64H97N7O13S2. The zero-order chi connectivity index (χ0) is 63.9. The van der Waals surface area contributed by atoms with Crippen molar-refractivity contribution in [2.75, 3.05) is 27.2 Å². The van der Waals surface area contributed by atoms with E-state index in [2.05, 4.69) is 25.9 Å². The van der Waals surface area contributed by atoms with Crippen molar-refractivity contribution in [2.24, 2.45) is 41.4 Å². The first-order valence-electron chi connectivity index (χ1n) is 30.8. The van der Waals surface area contributed by atoms with Crippen LogP contribution in [0.4, 0.5) is 0 Å². The molecule has 86 heavy (non-hydrogen) atoms. The molecular weight excluding hydrogens is 1140 g/mol. The van der Waals surface area contributed by atoms with Gasteiger partial charge in [0.15, 0.2) is 29.5 Å². The molecule has 0 saturated carbocycles. The van der Waals surface area contributed by atoms with E-state index in [1.165, 1.54) is 30.6 Å². The Kier molecular flexibility index (Phi) is 30.1. The maximum atomic E-state index is 14.1. The Balaban J connectivity index is 0.000000389. The summed E-state index contributed by atoms with van der Waals surface area (Å²) in [5, 5.41) is 32.2. The van der Waals surface area contributed by atoms with Gasteiger partial charge in [0.05, 0.1) is 18.0 Å². The number of carboxylic acids is 2. The molecule has 0 aliphatic carbocycles. The average Bonchev–Trinajstić information content (AvgIpc) is 2.91. The van der Waals surface area contributed by atoms with Crippen LogP contribution in [0.1, 0.15) is 208 Å². The number of nitrogens with one attached hydrogen (secondary N) is 3. The number of aromatic nitrogens is 2. The Hall–Kier alpha value is -5.97. The van der Waals surface area contributed by atoms with Gasteiger partial charge in [0.2, 0.25) is 11.8 Å². The molecule has 0 spiro atoms. The lowest BCUT2D eigenvalue weighted by Crippen LogP contribution is -2.48. The van der Waals surface area contributed by atoms with Gasteiger partial charge in [0.25, 0.3) is 5.91 Å². The molecule has 2 saturated heterocycles. The summed E-state index contributed by atoms with van der Waals surface area (Å²) in [5.41, 5.74) is 0.998. The lowest BCUT2D eigenvalue weighted by Gasteiger charge is -2.37. The highest BCUT2D eigenvalue weighted by Crippen LogP contribution is 2.35. The third-order valence-electron chi connectivity index (χ3n) is 17.1. The zero-order valence-corrected chi connectivity index (χ0v) is 54.6. The molecule has 2 aromatic heterocycles. The first kappa shape index (κ1) is 72.5. The smallest absolute Gasteiger partial charge is 0.355 e. The molecule has 5 rings (SSSR count). The second kappa shape index (κ2) is 35.7. The third kappa shape index (κ3) is 22.3. The molecule has 2 aliphatic rings. The number of hydrogen-bond acceptors (Lipinski definition) is 17. The van der Waals surface area contributed by atoms with Crippen LogP contribution in [0.25, 0.3) is 0 Å². The first-order chi connectivity index (χ1) is 40.7. The monoisotopic (exact) mass is 1240 g/mol. The number of ether oxygens (including phenoxy) is 2. The molecule has 0 bridgehead atoms. The second-order valence-electron chi connectivity index (χ2n) is 24.3. The van der Waals surface area contributed by atoms with Crippen LogP contribution < -0.4 is 16.0 Å². The Labute approximate surface area is 517 Å². The van der Waals surface area contributed by atoms with E-state index in [0.29, 0.717) is 16.4 Å². The summed E-state index contributed by atoms with van der Waals surface area (Å²) in [6, 6.07) is 8.03. The van der Waals surface area contributed by atoms with Gasteiger partial charge in [-0.2, -0.15) is 0 Å². The number of amides is 3. The SMILES string of the molecule is CC[C@H](C)[C@H](CC(=O)[C@H]1CCCCN1)C(=O)N(C)[C@H](C[C@@H](OC(C)=O)c1nc(C(=O)N[C@@H](Cc2ccccc2)C[C@H](C)C(=O)O)cs1)C(C)C.CC[C@H](C)[C@H](CC(=O)[C@H]1CCCCN1)C(=O)N(C)[C@H](C[C@@H](OC(C)=O)c1nc(C(=O)O)cs1)C(C)C. The maximum Gasteiger partial charge on any atom is 0.355 e. The molecule has 3 amide bonds. The van der Waals surface area contributed by atoms with Gasteiger partial charge >= 0.3 is 23.9 Å². The van der Waals surface area contributed by atoms with Gasteiger partial charge in [0, 0.05) is 94.3 Å². The molecule has 478 valence electrons. The number of nitrogens with zero attached hydrogens (tertiary/aromatic N) is 4. The number of carbonyl (C=O) groups excluding carboxylic acids is 7. The van der Waals surface area contributed by atoms with Gasteiger partial charge < -0.3 is 45.4 Å². The standard InChI is InChI=1S/C38H56N4O7S.C26H41N3O6S/c1-8-24(4)29(20-33(44)30-16-12-13-17-39-30)37(46)42(7)32(23(2)3)21-34(49-26(6)43)36-41-31(22-50-36)35(45)40-28(18-25(5)38(47)48)19-27-14-10-9-11-15-27;1-7-16(4)18(12-22(31)19-10-8-9-11-27-19)25(32)29(6)21(15(2)3)13-23(35-17(5)30)24-28-20(14-36-24)26(33)34/h9-11,14-15,22-25,28-30,32,34,39H,8,12-13,16-21H2,1-7H3,(H,40,45)(H,47,48);14-16,18-19,21,23,27H,7-13H2,1-6H3,(H,33,34)/t24-,25-,28+,29-,30+,32+,34+;16-,18-,19+,21+,23+/m00/s1. The Morgan fingerprint density at radius 3 is 1.43 bits per heavy atom. The van der Waals surface area contributed by atoms with Gasteiger partial charge in [-0.3, -0.25) is 38.4 Å². The number of rotatable bonds is 32. The van der Waals surface area contributed by atoms with E-state index >= 15 is 0 Å². The largest absolute Gasteiger partial charge is 0.481 e. The Morgan fingerprint density at radius 2 is 1.07 bits per heavy atom. The summed E-state index contributed by atoms with van der Waals surface area (Å²) < 4.78 is 11.3. The number of aliphatic carboxylic acids is 1. The van der Waals surface area contributed by atoms with Crippen LogP contribution in [0.2, 0.25) is 0 Å². The molecule has 22 heteroatoms. The minimum atomic E-state index is -1.15. The highest BCUT2D eigenvalue weighted by Gasteiger charge is 2.39. The van der Waals surface area contributed by atoms with Crippen molar-refractivity contribution in [3.8, 4) is 0 Å². The van der Waals surface area contributed by atoms with E-state index in [-0.39, 0.29) is 115 Å². The van der Waals surface area contributed by atoms with Crippen LogP contribution in [0.5, 0.6) is 0 Å². The van der Waals surface area contributed by atoms with Crippen LogP contribution in [0, 0.1) is 41.4 Å². The molecule has 0 radical (unpaired) electrons. The van der Waals surface area contributed by atoms with E-state index in [4.69, 9.17) is 9.47 Å². The Bertz CT molecular complexity index is 2690. The summed E-state index contributed by atoms with van der Waals surface area (Å²) in [5.74, 6) is -5.17. The molecule has 1 aromatic carbocycles. The molecule has 0 unspecified atom stereocenters. The fraction of sp³-hybridized carbons (Fsp3) is 0.672. The quantitative estimate of drug-likeness (QED) is 0.0363. The van der Waals surface area contributed by atoms with Crippen molar-refractivity contribution < 1.29 is 62.8 Å². The van der Waals surface area contributed by atoms with E-state index in [0.717, 1.165) is 81.4 Å². The molecule has 12 atom stereocenters. The molecule has 20 nitrogen and oxygen atoms in total. The number of carbonyl (C=O) groups is 9. The highest BCUT2D eigenvalue weighted by molar-refractivity contribution is 7.10. The van der Waals surface area contributed by atoms with E-state index in [9.17, 15) is 53.4 Å². The van der Waals surface area contributed by atoms with E-state index in [1.807, 2.05) is 85.7 Å². The van der Waals surface area contributed by atoms with Gasteiger partial charge in [-0.25, -0.2) is 14.8 Å². The van der Waals surface area contributed by atoms with Crippen molar-refractivity contribution in [1.29, 1.82) is 0 Å². The normalized spacial score (nSPS) is 18.7. The number of Topliss-reactive ketones (excluding diaryl/α,β-unsaturated/α-hetero) is 2. The fourth-order valence-corrected chi connectivity index (χ4v) is 13.1. The van der Waals surface area contributed by atoms with E-state index in [1.54, 1.807) is 36.2 Å². The third-order valence-corrected chi connectivity index (χ3v) is 18.9. The number of ketones is 2. The van der Waals surface area contributed by atoms with Gasteiger partial charge in [0.1, 0.15) is 15.7 Å².